The van der Waals surface area contributed by atoms with Crippen molar-refractivity contribution in [3.63, 3.8) is 0 Å². The highest BCUT2D eigenvalue weighted by molar-refractivity contribution is 7.98. The monoisotopic (exact) mass is 271 g/mol. The molecular weight excluding hydrogens is 250 g/mol. The molecule has 17 heavy (non-hydrogen) atoms. The molecule has 0 aromatic carbocycles. The molecule has 0 bridgehead atoms. The van der Waals surface area contributed by atoms with E-state index in [1.807, 2.05) is 6.26 Å². The van der Waals surface area contributed by atoms with E-state index in [1.54, 1.807) is 23.3 Å². The molecule has 0 spiro atoms. The first-order chi connectivity index (χ1) is 8.25. The standard InChI is InChI=1S/C12H21N3S2/c1-4-12(5-2)8-6-7-9-15(12)11-13-10(16-3)14-17-11/h4-9H2,1-3H3. The van der Waals surface area contributed by atoms with E-state index in [0.717, 1.165) is 16.8 Å². The molecule has 3 nitrogen and oxygen atoms in total. The van der Waals surface area contributed by atoms with Gasteiger partial charge in [-0.25, -0.2) is 0 Å². The molecule has 0 N–H and O–H groups in total. The van der Waals surface area contributed by atoms with E-state index < -0.39 is 0 Å². The number of rotatable bonds is 4. The zero-order valence-corrected chi connectivity index (χ0v) is 12.5. The summed E-state index contributed by atoms with van der Waals surface area (Å²) in [7, 11) is 0. The molecular formula is C12H21N3S2. The predicted octanol–water partition coefficient (Wildman–Crippen LogP) is 3.81. The zero-order valence-electron chi connectivity index (χ0n) is 10.9. The molecule has 96 valence electrons. The van der Waals surface area contributed by atoms with Crippen LogP contribution in [0.2, 0.25) is 0 Å². The Labute approximate surface area is 112 Å². The van der Waals surface area contributed by atoms with Gasteiger partial charge in [0.1, 0.15) is 0 Å². The second-order valence-corrected chi connectivity index (χ2v) is 6.11. The number of hydrogen-bond acceptors (Lipinski definition) is 5. The maximum atomic E-state index is 4.64. The van der Waals surface area contributed by atoms with Gasteiger partial charge >= 0.3 is 0 Å². The van der Waals surface area contributed by atoms with E-state index in [9.17, 15) is 0 Å². The van der Waals surface area contributed by atoms with Crippen molar-refractivity contribution in [1.82, 2.24) is 9.36 Å². The maximum Gasteiger partial charge on any atom is 0.206 e. The molecule has 0 radical (unpaired) electrons. The largest absolute Gasteiger partial charge is 0.341 e. The van der Waals surface area contributed by atoms with Crippen molar-refractivity contribution in [2.75, 3.05) is 17.7 Å². The smallest absolute Gasteiger partial charge is 0.206 e. The summed E-state index contributed by atoms with van der Waals surface area (Å²) in [6.07, 6.45) is 8.39. The lowest BCUT2D eigenvalue weighted by atomic mass is 9.82. The molecule has 1 aliphatic rings. The van der Waals surface area contributed by atoms with Gasteiger partial charge in [-0.15, -0.1) is 0 Å². The topological polar surface area (TPSA) is 29.0 Å². The van der Waals surface area contributed by atoms with Crippen molar-refractivity contribution in [2.24, 2.45) is 0 Å². The first-order valence-electron chi connectivity index (χ1n) is 6.41. The molecule has 2 heterocycles. The third kappa shape index (κ3) is 2.45. The van der Waals surface area contributed by atoms with Crippen molar-refractivity contribution in [3.05, 3.63) is 0 Å². The molecule has 1 fully saturated rings. The van der Waals surface area contributed by atoms with Gasteiger partial charge in [0.25, 0.3) is 0 Å². The van der Waals surface area contributed by atoms with Crippen LogP contribution in [-0.4, -0.2) is 27.7 Å². The first kappa shape index (κ1) is 13.1. The van der Waals surface area contributed by atoms with Crippen LogP contribution in [0.25, 0.3) is 0 Å². The van der Waals surface area contributed by atoms with Gasteiger partial charge in [0, 0.05) is 23.6 Å². The molecule has 1 aliphatic heterocycles. The van der Waals surface area contributed by atoms with E-state index in [0.29, 0.717) is 5.54 Å². The maximum absolute atomic E-state index is 4.64. The van der Waals surface area contributed by atoms with Crippen LogP contribution in [0, 0.1) is 0 Å². The van der Waals surface area contributed by atoms with E-state index in [4.69, 9.17) is 0 Å². The Kier molecular flexibility index (Phi) is 4.31. The van der Waals surface area contributed by atoms with Gasteiger partial charge in [-0.2, -0.15) is 9.36 Å². The number of nitrogens with zero attached hydrogens (tertiary/aromatic N) is 3. The van der Waals surface area contributed by atoms with Crippen LogP contribution < -0.4 is 4.90 Å². The van der Waals surface area contributed by atoms with Crippen LogP contribution >= 0.6 is 23.3 Å². The van der Waals surface area contributed by atoms with Crippen molar-refractivity contribution in [1.29, 1.82) is 0 Å². The Hall–Kier alpha value is -0.290. The molecule has 2 rings (SSSR count). The fourth-order valence-electron chi connectivity index (χ4n) is 2.77. The summed E-state index contributed by atoms with van der Waals surface area (Å²) >= 11 is 3.19. The first-order valence-corrected chi connectivity index (χ1v) is 8.41. The summed E-state index contributed by atoms with van der Waals surface area (Å²) in [6.45, 7) is 5.75. The Balaban J connectivity index is 2.26. The number of thioether (sulfide) groups is 1. The van der Waals surface area contributed by atoms with E-state index in [1.165, 1.54) is 32.1 Å². The van der Waals surface area contributed by atoms with Crippen LogP contribution in [0.15, 0.2) is 5.16 Å². The lowest BCUT2D eigenvalue weighted by Gasteiger charge is -2.46. The minimum Gasteiger partial charge on any atom is -0.341 e. The number of anilines is 1. The number of piperidine rings is 1. The van der Waals surface area contributed by atoms with Crippen LogP contribution in [0.1, 0.15) is 46.0 Å². The molecule has 0 atom stereocenters. The molecule has 0 amide bonds. The lowest BCUT2D eigenvalue weighted by Crippen LogP contribution is -2.51. The van der Waals surface area contributed by atoms with E-state index in [-0.39, 0.29) is 0 Å². The molecule has 0 unspecified atom stereocenters. The third-order valence-corrected chi connectivity index (χ3v) is 5.38. The average molecular weight is 271 g/mol. The van der Waals surface area contributed by atoms with Crippen molar-refractivity contribution >= 4 is 28.4 Å². The molecule has 1 aromatic rings. The Bertz CT molecular complexity index is 360. The summed E-state index contributed by atoms with van der Waals surface area (Å²) in [4.78, 5) is 7.16. The van der Waals surface area contributed by atoms with Gasteiger partial charge in [0.15, 0.2) is 0 Å². The van der Waals surface area contributed by atoms with Gasteiger partial charge in [-0.1, -0.05) is 25.6 Å². The fraction of sp³-hybridized carbons (Fsp3) is 0.833. The van der Waals surface area contributed by atoms with Crippen LogP contribution in [0.4, 0.5) is 5.13 Å². The highest BCUT2D eigenvalue weighted by atomic mass is 32.2. The normalized spacial score (nSPS) is 19.6. The van der Waals surface area contributed by atoms with Gasteiger partial charge in [-0.05, 0) is 38.4 Å². The van der Waals surface area contributed by atoms with Gasteiger partial charge < -0.3 is 4.90 Å². The predicted molar refractivity (Wildman–Crippen MR) is 76.2 cm³/mol. The Morgan fingerprint density at radius 2 is 2.12 bits per heavy atom. The molecule has 1 aromatic heterocycles. The highest BCUT2D eigenvalue weighted by Crippen LogP contribution is 2.38. The fourth-order valence-corrected chi connectivity index (χ4v) is 4.13. The third-order valence-electron chi connectivity index (χ3n) is 3.97. The van der Waals surface area contributed by atoms with Crippen LogP contribution in [0.5, 0.6) is 0 Å². The molecule has 0 aliphatic carbocycles. The summed E-state index contributed by atoms with van der Waals surface area (Å²) in [6, 6.07) is 0. The second kappa shape index (κ2) is 5.57. The minimum atomic E-state index is 0.327. The van der Waals surface area contributed by atoms with Gasteiger partial charge in [0.05, 0.1) is 0 Å². The van der Waals surface area contributed by atoms with Crippen molar-refractivity contribution in [3.8, 4) is 0 Å². The quantitative estimate of drug-likeness (QED) is 0.779. The second-order valence-electron chi connectivity index (χ2n) is 4.60. The van der Waals surface area contributed by atoms with E-state index >= 15 is 0 Å². The van der Waals surface area contributed by atoms with Gasteiger partial charge in [0.2, 0.25) is 10.3 Å². The Morgan fingerprint density at radius 3 is 2.71 bits per heavy atom. The molecule has 5 heteroatoms. The van der Waals surface area contributed by atoms with Crippen LogP contribution in [0.3, 0.4) is 0 Å². The number of hydrogen-bond donors (Lipinski definition) is 0. The lowest BCUT2D eigenvalue weighted by molar-refractivity contribution is 0.287. The average Bonchev–Trinajstić information content (AvgIpc) is 2.87. The summed E-state index contributed by atoms with van der Waals surface area (Å²) in [5, 5.41) is 2.04. The summed E-state index contributed by atoms with van der Waals surface area (Å²) < 4.78 is 4.40. The molecule has 0 saturated carbocycles. The Morgan fingerprint density at radius 1 is 1.35 bits per heavy atom. The van der Waals surface area contributed by atoms with Gasteiger partial charge in [-0.3, -0.25) is 0 Å². The van der Waals surface area contributed by atoms with Crippen molar-refractivity contribution in [2.45, 2.75) is 56.6 Å². The summed E-state index contributed by atoms with van der Waals surface area (Å²) in [5.41, 5.74) is 0.327. The SMILES string of the molecule is CCC1(CC)CCCCN1c1nc(SC)ns1. The highest BCUT2D eigenvalue weighted by Gasteiger charge is 2.37. The minimum absolute atomic E-state index is 0.327. The zero-order chi connectivity index (χ0) is 12.3. The molecule has 1 saturated heterocycles. The van der Waals surface area contributed by atoms with Crippen LogP contribution in [-0.2, 0) is 0 Å². The number of aromatic nitrogens is 2. The summed E-state index contributed by atoms with van der Waals surface area (Å²) in [5.74, 6) is 0. The van der Waals surface area contributed by atoms with E-state index in [2.05, 4.69) is 28.1 Å². The van der Waals surface area contributed by atoms with Crippen molar-refractivity contribution < 1.29 is 0 Å².